The first-order valence-corrected chi connectivity index (χ1v) is 7.33. The third-order valence-corrected chi connectivity index (χ3v) is 3.62. The van der Waals surface area contributed by atoms with Gasteiger partial charge in [-0.25, -0.2) is 8.42 Å². The van der Waals surface area contributed by atoms with E-state index >= 15 is 0 Å². The zero-order valence-electron chi connectivity index (χ0n) is 10.7. The van der Waals surface area contributed by atoms with Crippen LogP contribution in [0.15, 0.2) is 18.2 Å². The minimum atomic E-state index is -3.48. The van der Waals surface area contributed by atoms with Gasteiger partial charge in [-0.3, -0.25) is 9.10 Å². The first kappa shape index (κ1) is 14.5. The Morgan fingerprint density at radius 1 is 1.22 bits per heavy atom. The van der Waals surface area contributed by atoms with E-state index < -0.39 is 16.0 Å². The lowest BCUT2D eigenvalue weighted by atomic mass is 10.1. The summed E-state index contributed by atoms with van der Waals surface area (Å²) in [6, 6.07) is 5.40. The summed E-state index contributed by atoms with van der Waals surface area (Å²) in [4.78, 5) is 10.6. The molecule has 0 heterocycles. The molecule has 0 bridgehead atoms. The van der Waals surface area contributed by atoms with Crippen LogP contribution in [0.3, 0.4) is 0 Å². The van der Waals surface area contributed by atoms with Crippen molar-refractivity contribution in [2.75, 3.05) is 17.1 Å². The maximum atomic E-state index is 11.7. The molecule has 0 atom stereocenters. The molecule has 0 aromatic heterocycles. The van der Waals surface area contributed by atoms with Crippen molar-refractivity contribution < 1.29 is 18.3 Å². The van der Waals surface area contributed by atoms with E-state index in [-0.39, 0.29) is 13.0 Å². The highest BCUT2D eigenvalue weighted by Crippen LogP contribution is 2.21. The van der Waals surface area contributed by atoms with E-state index in [0.29, 0.717) is 5.69 Å². The fourth-order valence-corrected chi connectivity index (χ4v) is 2.69. The number of hydrogen-bond donors (Lipinski definition) is 1. The monoisotopic (exact) mass is 271 g/mol. The first-order valence-electron chi connectivity index (χ1n) is 5.48. The van der Waals surface area contributed by atoms with E-state index in [2.05, 4.69) is 0 Å². The molecule has 1 aromatic carbocycles. The van der Waals surface area contributed by atoms with Crippen molar-refractivity contribution in [3.05, 3.63) is 29.3 Å². The van der Waals surface area contributed by atoms with Gasteiger partial charge in [0.1, 0.15) is 0 Å². The SMILES string of the molecule is Cc1cc(C)cc(N(CCC(=O)O)S(C)(=O)=O)c1. The minimum absolute atomic E-state index is 0.0585. The predicted molar refractivity (Wildman–Crippen MR) is 70.4 cm³/mol. The fourth-order valence-electron chi connectivity index (χ4n) is 1.78. The topological polar surface area (TPSA) is 74.7 Å². The molecule has 0 aliphatic rings. The van der Waals surface area contributed by atoms with E-state index in [0.717, 1.165) is 21.7 Å². The van der Waals surface area contributed by atoms with Gasteiger partial charge in [-0.1, -0.05) is 6.07 Å². The fraction of sp³-hybridized carbons (Fsp3) is 0.417. The van der Waals surface area contributed by atoms with Crippen molar-refractivity contribution in [2.24, 2.45) is 0 Å². The second kappa shape index (κ2) is 5.39. The summed E-state index contributed by atoms with van der Waals surface area (Å²) in [5, 5.41) is 8.66. The van der Waals surface area contributed by atoms with Crippen molar-refractivity contribution >= 4 is 21.7 Å². The number of benzene rings is 1. The Labute approximate surface area is 107 Å². The highest BCUT2D eigenvalue weighted by Gasteiger charge is 2.18. The molecule has 1 N–H and O–H groups in total. The quantitative estimate of drug-likeness (QED) is 0.881. The Balaban J connectivity index is 3.13. The van der Waals surface area contributed by atoms with E-state index in [1.807, 2.05) is 19.9 Å². The first-order chi connectivity index (χ1) is 8.20. The molecule has 5 nitrogen and oxygen atoms in total. The van der Waals surface area contributed by atoms with Crippen molar-refractivity contribution in [1.29, 1.82) is 0 Å². The summed E-state index contributed by atoms with van der Waals surface area (Å²) in [5.41, 5.74) is 2.39. The molecular formula is C12H17NO4S. The van der Waals surface area contributed by atoms with Gasteiger partial charge in [0, 0.05) is 6.54 Å². The van der Waals surface area contributed by atoms with Gasteiger partial charge in [0.25, 0.3) is 0 Å². The van der Waals surface area contributed by atoms with Gasteiger partial charge in [0.2, 0.25) is 10.0 Å². The van der Waals surface area contributed by atoms with Crippen LogP contribution >= 0.6 is 0 Å². The third kappa shape index (κ3) is 4.03. The second-order valence-corrected chi connectivity index (χ2v) is 6.23. The molecule has 18 heavy (non-hydrogen) atoms. The summed E-state index contributed by atoms with van der Waals surface area (Å²) in [6.07, 6.45) is 0.854. The van der Waals surface area contributed by atoms with E-state index in [9.17, 15) is 13.2 Å². The normalized spacial score (nSPS) is 11.3. The Hall–Kier alpha value is -1.56. The van der Waals surface area contributed by atoms with Crippen LogP contribution < -0.4 is 4.31 Å². The minimum Gasteiger partial charge on any atom is -0.481 e. The predicted octanol–water partition coefficient (Wildman–Crippen LogP) is 1.54. The van der Waals surface area contributed by atoms with Gasteiger partial charge in [0.15, 0.2) is 0 Å². The highest BCUT2D eigenvalue weighted by atomic mass is 32.2. The lowest BCUT2D eigenvalue weighted by Gasteiger charge is -2.22. The maximum absolute atomic E-state index is 11.7. The number of anilines is 1. The lowest BCUT2D eigenvalue weighted by molar-refractivity contribution is -0.136. The van der Waals surface area contributed by atoms with E-state index in [4.69, 9.17) is 5.11 Å². The van der Waals surface area contributed by atoms with Crippen LogP contribution in [0, 0.1) is 13.8 Å². The molecule has 0 unspecified atom stereocenters. The van der Waals surface area contributed by atoms with Gasteiger partial charge in [-0.05, 0) is 37.1 Å². The highest BCUT2D eigenvalue weighted by molar-refractivity contribution is 7.92. The average molecular weight is 271 g/mol. The number of nitrogens with zero attached hydrogens (tertiary/aromatic N) is 1. The second-order valence-electron chi connectivity index (χ2n) is 4.32. The largest absolute Gasteiger partial charge is 0.481 e. The van der Waals surface area contributed by atoms with Crippen LogP contribution in [0.5, 0.6) is 0 Å². The van der Waals surface area contributed by atoms with E-state index in [1.165, 1.54) is 0 Å². The molecule has 1 rings (SSSR count). The summed E-state index contributed by atoms with van der Waals surface area (Å²) in [5.74, 6) is -1.02. The van der Waals surface area contributed by atoms with Crippen molar-refractivity contribution in [2.45, 2.75) is 20.3 Å². The molecule has 0 saturated heterocycles. The van der Waals surface area contributed by atoms with Gasteiger partial charge >= 0.3 is 5.97 Å². The Bertz CT molecular complexity index is 531. The molecular weight excluding hydrogens is 254 g/mol. The summed E-state index contributed by atoms with van der Waals surface area (Å²) in [7, 11) is -3.48. The molecule has 6 heteroatoms. The number of sulfonamides is 1. The number of aryl methyl sites for hydroxylation is 2. The van der Waals surface area contributed by atoms with Gasteiger partial charge < -0.3 is 5.11 Å². The smallest absolute Gasteiger partial charge is 0.305 e. The van der Waals surface area contributed by atoms with Crippen molar-refractivity contribution in [3.63, 3.8) is 0 Å². The number of carboxylic acids is 1. The zero-order valence-corrected chi connectivity index (χ0v) is 11.5. The number of carbonyl (C=O) groups is 1. The average Bonchev–Trinajstić information content (AvgIpc) is 2.13. The summed E-state index contributed by atoms with van der Waals surface area (Å²) >= 11 is 0. The summed E-state index contributed by atoms with van der Waals surface area (Å²) in [6.45, 7) is 3.68. The molecule has 0 amide bonds. The summed E-state index contributed by atoms with van der Waals surface area (Å²) < 4.78 is 24.5. The number of carboxylic acid groups (broad SMARTS) is 1. The third-order valence-electron chi connectivity index (χ3n) is 2.42. The van der Waals surface area contributed by atoms with E-state index in [1.54, 1.807) is 12.1 Å². The van der Waals surface area contributed by atoms with Crippen LogP contribution in [0.1, 0.15) is 17.5 Å². The molecule has 100 valence electrons. The number of aliphatic carboxylic acids is 1. The number of rotatable bonds is 5. The molecule has 0 spiro atoms. The molecule has 0 saturated carbocycles. The van der Waals surface area contributed by atoms with Crippen LogP contribution in [0.2, 0.25) is 0 Å². The van der Waals surface area contributed by atoms with Gasteiger partial charge in [0.05, 0.1) is 18.4 Å². The lowest BCUT2D eigenvalue weighted by Crippen LogP contribution is -2.32. The Kier molecular flexibility index (Phi) is 4.34. The van der Waals surface area contributed by atoms with Crippen LogP contribution in [0.4, 0.5) is 5.69 Å². The van der Waals surface area contributed by atoms with Crippen LogP contribution in [-0.4, -0.2) is 32.3 Å². The molecule has 0 aliphatic carbocycles. The van der Waals surface area contributed by atoms with Crippen molar-refractivity contribution in [3.8, 4) is 0 Å². The maximum Gasteiger partial charge on any atom is 0.305 e. The van der Waals surface area contributed by atoms with Crippen LogP contribution in [-0.2, 0) is 14.8 Å². The van der Waals surface area contributed by atoms with Crippen molar-refractivity contribution in [1.82, 2.24) is 0 Å². The van der Waals surface area contributed by atoms with Gasteiger partial charge in [-0.2, -0.15) is 0 Å². The standard InChI is InChI=1S/C12H17NO4S/c1-9-6-10(2)8-11(7-9)13(18(3,16)17)5-4-12(14)15/h6-8H,4-5H2,1-3H3,(H,14,15). The Morgan fingerprint density at radius 2 is 1.72 bits per heavy atom. The molecule has 0 aliphatic heterocycles. The molecule has 0 fully saturated rings. The molecule has 1 aromatic rings. The van der Waals surface area contributed by atoms with Crippen LogP contribution in [0.25, 0.3) is 0 Å². The zero-order chi connectivity index (χ0) is 13.9. The number of hydrogen-bond acceptors (Lipinski definition) is 3. The Morgan fingerprint density at radius 3 is 2.11 bits per heavy atom. The molecule has 0 radical (unpaired) electrons. The van der Waals surface area contributed by atoms with Gasteiger partial charge in [-0.15, -0.1) is 0 Å².